The third kappa shape index (κ3) is 5.56. The third-order valence-electron chi connectivity index (χ3n) is 3.74. The number of benzene rings is 2. The number of hydrogen-bond acceptors (Lipinski definition) is 1. The van der Waals surface area contributed by atoms with Gasteiger partial charge < -0.3 is 5.41 Å². The Labute approximate surface area is 159 Å². The summed E-state index contributed by atoms with van der Waals surface area (Å²) in [6.45, 7) is 5.01. The maximum Gasteiger partial charge on any atom is 0.0321 e. The maximum absolute atomic E-state index is 8.46. The lowest BCUT2D eigenvalue weighted by Crippen LogP contribution is -2.08. The summed E-state index contributed by atoms with van der Waals surface area (Å²) in [4.78, 5) is 0. The molecule has 0 saturated heterocycles. The van der Waals surface area contributed by atoms with E-state index in [1.54, 1.807) is 30.3 Å². The quantitative estimate of drug-likeness (QED) is 0.458. The minimum absolute atomic E-state index is 0.0515. The van der Waals surface area contributed by atoms with Crippen molar-refractivity contribution in [3.63, 3.8) is 0 Å². The van der Waals surface area contributed by atoms with Gasteiger partial charge in [0.2, 0.25) is 0 Å². The van der Waals surface area contributed by atoms with E-state index in [1.165, 1.54) is 0 Å². The van der Waals surface area contributed by atoms with E-state index in [0.29, 0.717) is 16.7 Å². The molecule has 0 unspecified atom stereocenters. The van der Waals surface area contributed by atoms with Crippen molar-refractivity contribution >= 4 is 17.4 Å². The first-order chi connectivity index (χ1) is 13.8. The zero-order valence-corrected chi connectivity index (χ0v) is 15.4. The molecule has 0 heterocycles. The maximum atomic E-state index is 8.46. The Kier molecular flexibility index (Phi) is 4.18. The van der Waals surface area contributed by atoms with Gasteiger partial charge in [-0.3, -0.25) is 0 Å². The fourth-order valence-corrected chi connectivity index (χ4v) is 2.56. The van der Waals surface area contributed by atoms with Gasteiger partial charge in [0, 0.05) is 13.1 Å². The van der Waals surface area contributed by atoms with Gasteiger partial charge in [0.15, 0.2) is 0 Å². The van der Waals surface area contributed by atoms with Crippen molar-refractivity contribution in [3.05, 3.63) is 82.9 Å². The summed E-state index contributed by atoms with van der Waals surface area (Å²) in [5.41, 5.74) is 2.81. The van der Waals surface area contributed by atoms with Crippen LogP contribution in [-0.4, -0.2) is 6.21 Å². The summed E-state index contributed by atoms with van der Waals surface area (Å²) in [5, 5.41) is 7.74. The molecule has 1 nitrogen and oxygen atoms in total. The highest BCUT2D eigenvalue weighted by Crippen LogP contribution is 2.27. The van der Waals surface area contributed by atoms with Crippen LogP contribution in [0.2, 0.25) is 0 Å². The SMILES string of the molecule is [2H]C([2H])([2H])/C(C=N)=C(/C=C(\C)c1ccccc1)c1ccc(C([2H])([2H])C(C)(C)C)cc1. The normalized spacial score (nSPS) is 17.4. The van der Waals surface area contributed by atoms with Crippen molar-refractivity contribution in [3.8, 4) is 0 Å². The van der Waals surface area contributed by atoms with Crippen LogP contribution in [-0.2, 0) is 6.37 Å². The molecule has 0 spiro atoms. The predicted molar refractivity (Wildman–Crippen MR) is 111 cm³/mol. The monoisotopic (exact) mass is 336 g/mol. The summed E-state index contributed by atoms with van der Waals surface area (Å²) < 4.78 is 40.5. The van der Waals surface area contributed by atoms with Crippen LogP contribution in [0.15, 0.2) is 66.2 Å². The van der Waals surface area contributed by atoms with E-state index < -0.39 is 18.6 Å². The van der Waals surface area contributed by atoms with E-state index in [4.69, 9.17) is 12.3 Å². The summed E-state index contributed by atoms with van der Waals surface area (Å²) >= 11 is 0. The molecule has 0 bridgehead atoms. The second-order valence-electron chi connectivity index (χ2n) is 7.12. The van der Waals surface area contributed by atoms with Gasteiger partial charge >= 0.3 is 0 Å². The molecule has 2 rings (SSSR count). The Hall–Kier alpha value is -2.41. The van der Waals surface area contributed by atoms with Gasteiger partial charge in [-0.1, -0.05) is 81.4 Å². The highest BCUT2D eigenvalue weighted by molar-refractivity contribution is 5.95. The molecule has 0 saturated carbocycles. The summed E-state index contributed by atoms with van der Waals surface area (Å²) in [6, 6.07) is 16.5. The first-order valence-electron chi connectivity index (χ1n) is 10.9. The molecule has 0 aliphatic carbocycles. The lowest BCUT2D eigenvalue weighted by atomic mass is 9.87. The van der Waals surface area contributed by atoms with Gasteiger partial charge in [-0.2, -0.15) is 0 Å². The van der Waals surface area contributed by atoms with Crippen molar-refractivity contribution in [1.82, 2.24) is 0 Å². The molecule has 0 radical (unpaired) electrons. The highest BCUT2D eigenvalue weighted by atomic mass is 14.3. The zero-order valence-electron chi connectivity index (χ0n) is 20.4. The Bertz CT molecular complexity index is 944. The van der Waals surface area contributed by atoms with Gasteiger partial charge in [0.25, 0.3) is 0 Å². The Morgan fingerprint density at radius 2 is 1.68 bits per heavy atom. The first-order valence-corrected chi connectivity index (χ1v) is 8.39. The van der Waals surface area contributed by atoms with E-state index >= 15 is 0 Å². The van der Waals surface area contributed by atoms with Crippen molar-refractivity contribution in [2.75, 3.05) is 0 Å². The molecular formula is C24H29N. The van der Waals surface area contributed by atoms with Gasteiger partial charge in [-0.05, 0) is 59.0 Å². The second kappa shape index (κ2) is 8.11. The molecule has 25 heavy (non-hydrogen) atoms. The highest BCUT2D eigenvalue weighted by Gasteiger charge is 2.11. The van der Waals surface area contributed by atoms with Crippen LogP contribution in [0.25, 0.3) is 11.1 Å². The van der Waals surface area contributed by atoms with Gasteiger partial charge in [-0.25, -0.2) is 0 Å². The molecule has 2 aromatic carbocycles. The van der Waals surface area contributed by atoms with Crippen LogP contribution >= 0.6 is 0 Å². The number of rotatable bonds is 5. The van der Waals surface area contributed by atoms with Gasteiger partial charge in [-0.15, -0.1) is 0 Å². The van der Waals surface area contributed by atoms with Crippen LogP contribution in [0.5, 0.6) is 0 Å². The summed E-state index contributed by atoms with van der Waals surface area (Å²) in [5.74, 6) is 0. The first kappa shape index (κ1) is 12.9. The zero-order chi connectivity index (χ0) is 22.7. The molecule has 1 N–H and O–H groups in total. The molecule has 2 aromatic rings. The Morgan fingerprint density at radius 3 is 2.20 bits per heavy atom. The Balaban J connectivity index is 2.65. The average molecular weight is 337 g/mol. The fourth-order valence-electron chi connectivity index (χ4n) is 2.56. The summed E-state index contributed by atoms with van der Waals surface area (Å²) in [6.07, 6.45) is 1.13. The molecule has 0 aliphatic heterocycles. The largest absolute Gasteiger partial charge is 0.308 e. The lowest BCUT2D eigenvalue weighted by Gasteiger charge is -2.18. The molecule has 0 fully saturated rings. The minimum atomic E-state index is -2.44. The van der Waals surface area contributed by atoms with Crippen molar-refractivity contribution in [1.29, 1.82) is 5.41 Å². The molecule has 0 amide bonds. The van der Waals surface area contributed by atoms with E-state index in [9.17, 15) is 0 Å². The van der Waals surface area contributed by atoms with Crippen molar-refractivity contribution in [2.45, 2.75) is 40.9 Å². The van der Waals surface area contributed by atoms with E-state index in [2.05, 4.69) is 0 Å². The molecule has 0 aliphatic rings. The van der Waals surface area contributed by atoms with Gasteiger partial charge in [0.05, 0.1) is 0 Å². The third-order valence-corrected chi connectivity index (χ3v) is 3.74. The van der Waals surface area contributed by atoms with Crippen LogP contribution < -0.4 is 0 Å². The minimum Gasteiger partial charge on any atom is -0.308 e. The van der Waals surface area contributed by atoms with E-state index in [0.717, 1.165) is 17.4 Å². The number of allylic oxidation sites excluding steroid dienone is 4. The lowest BCUT2D eigenvalue weighted by molar-refractivity contribution is 0.411. The van der Waals surface area contributed by atoms with Crippen LogP contribution in [0.3, 0.4) is 0 Å². The number of nitrogens with one attached hydrogen (secondary N) is 1. The van der Waals surface area contributed by atoms with E-state index in [-0.39, 0.29) is 5.57 Å². The smallest absolute Gasteiger partial charge is 0.0321 e. The molecule has 0 aromatic heterocycles. The van der Waals surface area contributed by atoms with Gasteiger partial charge in [0.1, 0.15) is 0 Å². The summed E-state index contributed by atoms with van der Waals surface area (Å²) in [7, 11) is 0. The van der Waals surface area contributed by atoms with Crippen LogP contribution in [0.1, 0.15) is 58.1 Å². The van der Waals surface area contributed by atoms with Crippen LogP contribution in [0.4, 0.5) is 0 Å². The molecule has 1 heteroatoms. The predicted octanol–water partition coefficient (Wildman–Crippen LogP) is 6.80. The topological polar surface area (TPSA) is 23.9 Å². The van der Waals surface area contributed by atoms with E-state index in [1.807, 2.05) is 58.0 Å². The molecular weight excluding hydrogens is 302 g/mol. The average Bonchev–Trinajstić information content (AvgIpc) is 2.66. The fraction of sp³-hybridized carbons (Fsp3) is 0.292. The second-order valence-corrected chi connectivity index (χ2v) is 7.12. The molecule has 0 atom stereocenters. The van der Waals surface area contributed by atoms with Crippen molar-refractivity contribution < 1.29 is 6.85 Å². The van der Waals surface area contributed by atoms with Crippen molar-refractivity contribution in [2.24, 2.45) is 5.41 Å². The van der Waals surface area contributed by atoms with Crippen LogP contribution in [0, 0.1) is 10.8 Å². The molecule has 130 valence electrons. The standard InChI is InChI=1S/C24H29N/c1-18(21-9-7-6-8-10-21)15-23(19(2)17-25)22-13-11-20(12-14-22)16-24(3,4)5/h6-15,17,25H,16H2,1-5H3/b18-15+,23-19+,25-17?/i2D3,16D2. The number of hydrogen-bond donors (Lipinski definition) is 1. The Morgan fingerprint density at radius 1 is 1.04 bits per heavy atom.